The molecule has 4 heteroatoms. The minimum absolute atomic E-state index is 0.0768. The van der Waals surface area contributed by atoms with Crippen molar-refractivity contribution in [3.63, 3.8) is 0 Å². The molecule has 0 saturated carbocycles. The molecule has 0 bridgehead atoms. The molecule has 1 aliphatic rings. The van der Waals surface area contributed by atoms with Gasteiger partial charge in [0.2, 0.25) is 5.91 Å². The van der Waals surface area contributed by atoms with Crippen molar-refractivity contribution < 1.29 is 14.3 Å². The minimum atomic E-state index is -0.489. The summed E-state index contributed by atoms with van der Waals surface area (Å²) in [7, 11) is 0. The maximum absolute atomic E-state index is 13.2. The molecule has 2 amide bonds. The number of carbonyl (C=O) groups is 2. The highest BCUT2D eigenvalue weighted by Crippen LogP contribution is 2.24. The van der Waals surface area contributed by atoms with Crippen molar-refractivity contribution in [3.8, 4) is 0 Å². The van der Waals surface area contributed by atoms with E-state index >= 15 is 0 Å². The molecule has 27 heavy (non-hydrogen) atoms. The average Bonchev–Trinajstić information content (AvgIpc) is 3.04. The number of rotatable bonds is 11. The molecule has 0 radical (unpaired) electrons. The smallest absolute Gasteiger partial charge is 0.416 e. The maximum atomic E-state index is 13.2. The fourth-order valence-corrected chi connectivity index (χ4v) is 3.60. The van der Waals surface area contributed by atoms with Crippen molar-refractivity contribution in [1.29, 1.82) is 0 Å². The predicted octanol–water partition coefficient (Wildman–Crippen LogP) is 5.52. The predicted molar refractivity (Wildman–Crippen MR) is 108 cm³/mol. The van der Waals surface area contributed by atoms with Gasteiger partial charge in [-0.05, 0) is 31.7 Å². The van der Waals surface area contributed by atoms with E-state index in [-0.39, 0.29) is 24.5 Å². The molecule has 1 saturated heterocycles. The van der Waals surface area contributed by atoms with E-state index in [9.17, 15) is 9.59 Å². The molecule has 1 aromatic carbocycles. The van der Waals surface area contributed by atoms with Gasteiger partial charge in [0.15, 0.2) is 0 Å². The third kappa shape index (κ3) is 6.53. The average molecular weight is 372 g/mol. The molecule has 1 fully saturated rings. The van der Waals surface area contributed by atoms with Crippen molar-refractivity contribution in [2.45, 2.75) is 71.3 Å². The van der Waals surface area contributed by atoms with Crippen molar-refractivity contribution in [1.82, 2.24) is 4.90 Å². The highest BCUT2D eigenvalue weighted by Gasteiger charge is 2.40. The molecule has 148 valence electrons. The van der Waals surface area contributed by atoms with Gasteiger partial charge in [0.1, 0.15) is 6.61 Å². The summed E-state index contributed by atoms with van der Waals surface area (Å²) in [5, 5.41) is 0. The van der Waals surface area contributed by atoms with Crippen LogP contribution in [0.15, 0.2) is 42.5 Å². The molecule has 0 unspecified atom stereocenters. The van der Waals surface area contributed by atoms with Gasteiger partial charge in [-0.2, -0.15) is 0 Å². The Morgan fingerprint density at radius 2 is 1.96 bits per heavy atom. The van der Waals surface area contributed by atoms with E-state index < -0.39 is 6.09 Å². The van der Waals surface area contributed by atoms with Crippen LogP contribution in [0.5, 0.6) is 0 Å². The van der Waals surface area contributed by atoms with Gasteiger partial charge in [0.25, 0.3) is 0 Å². The molecule has 4 nitrogen and oxygen atoms in total. The van der Waals surface area contributed by atoms with Gasteiger partial charge < -0.3 is 4.74 Å². The summed E-state index contributed by atoms with van der Waals surface area (Å²) in [6, 6.07) is 9.76. The van der Waals surface area contributed by atoms with Crippen LogP contribution in [0.25, 0.3) is 0 Å². The lowest BCUT2D eigenvalue weighted by molar-refractivity contribution is -0.133. The fraction of sp³-hybridized carbons (Fsp3) is 0.565. The lowest BCUT2D eigenvalue weighted by atomic mass is 9.94. The molecule has 2 rings (SSSR count). The Kier molecular flexibility index (Phi) is 9.09. The quantitative estimate of drug-likeness (QED) is 0.380. The molecule has 0 aliphatic carbocycles. The number of hydrogen-bond acceptors (Lipinski definition) is 3. The first-order valence-corrected chi connectivity index (χ1v) is 10.3. The maximum Gasteiger partial charge on any atom is 0.416 e. The first kappa shape index (κ1) is 21.2. The summed E-state index contributed by atoms with van der Waals surface area (Å²) in [6.45, 7) is 4.45. The largest absolute Gasteiger partial charge is 0.447 e. The van der Waals surface area contributed by atoms with Crippen LogP contribution in [0.1, 0.15) is 64.4 Å². The first-order valence-electron chi connectivity index (χ1n) is 10.3. The van der Waals surface area contributed by atoms with E-state index in [1.165, 1.54) is 24.2 Å². The minimum Gasteiger partial charge on any atom is -0.447 e. The van der Waals surface area contributed by atoms with Crippen LogP contribution in [0.2, 0.25) is 0 Å². The number of carbonyl (C=O) groups excluding carboxylic acids is 2. The van der Waals surface area contributed by atoms with E-state index in [1.54, 1.807) is 0 Å². The molecule has 1 aliphatic heterocycles. The third-order valence-corrected chi connectivity index (χ3v) is 5.17. The Morgan fingerprint density at radius 1 is 1.22 bits per heavy atom. The number of unbranched alkanes of at least 4 members (excludes halogenated alkanes) is 4. The number of allylic oxidation sites excluding steroid dienone is 2. The Morgan fingerprint density at radius 3 is 2.67 bits per heavy atom. The second-order valence-electron chi connectivity index (χ2n) is 7.33. The van der Waals surface area contributed by atoms with Gasteiger partial charge in [0, 0.05) is 5.92 Å². The number of cyclic esters (lactones) is 1. The molecule has 0 N–H and O–H groups in total. The zero-order valence-electron chi connectivity index (χ0n) is 16.7. The summed E-state index contributed by atoms with van der Waals surface area (Å²) in [5.74, 6) is -0.223. The van der Waals surface area contributed by atoms with Crippen LogP contribution in [0, 0.1) is 5.92 Å². The number of hydrogen-bond donors (Lipinski definition) is 0. The Labute approximate surface area is 163 Å². The Balaban J connectivity index is 2.02. The normalized spacial score (nSPS) is 18.1. The van der Waals surface area contributed by atoms with Crippen LogP contribution >= 0.6 is 0 Å². The van der Waals surface area contributed by atoms with Gasteiger partial charge in [-0.15, -0.1) is 0 Å². The van der Waals surface area contributed by atoms with E-state index in [0.29, 0.717) is 12.8 Å². The zero-order valence-corrected chi connectivity index (χ0v) is 16.7. The summed E-state index contributed by atoms with van der Waals surface area (Å²) in [4.78, 5) is 26.8. The van der Waals surface area contributed by atoms with Crippen molar-refractivity contribution in [2.75, 3.05) is 6.61 Å². The standard InChI is InChI=1S/C23H33NO3/c1-3-5-7-8-12-16-20(15-6-4-2)22(25)24-21(18-27-23(24)26)17-19-13-10-9-11-14-19/h4,6,9-11,13-14,20-21H,3,5,7-8,12,15-18H2,1-2H3/b6-4+/t20-,21-/m0/s1. The van der Waals surface area contributed by atoms with E-state index in [4.69, 9.17) is 4.74 Å². The summed E-state index contributed by atoms with van der Waals surface area (Å²) < 4.78 is 5.23. The topological polar surface area (TPSA) is 46.6 Å². The SMILES string of the molecule is C/C=C/C[C@@H](CCCCCCC)C(=O)N1C(=O)OC[C@@H]1Cc1ccccc1. The van der Waals surface area contributed by atoms with Gasteiger partial charge >= 0.3 is 6.09 Å². The zero-order chi connectivity index (χ0) is 19.5. The van der Waals surface area contributed by atoms with Crippen molar-refractivity contribution in [3.05, 3.63) is 48.0 Å². The van der Waals surface area contributed by atoms with Crippen LogP contribution in [-0.4, -0.2) is 29.5 Å². The first-order chi connectivity index (χ1) is 13.2. The number of benzene rings is 1. The summed E-state index contributed by atoms with van der Waals surface area (Å²) in [5.41, 5.74) is 1.11. The highest BCUT2D eigenvalue weighted by molar-refractivity contribution is 5.94. The van der Waals surface area contributed by atoms with Gasteiger partial charge in [-0.1, -0.05) is 81.5 Å². The highest BCUT2D eigenvalue weighted by atomic mass is 16.6. The lowest BCUT2D eigenvalue weighted by Gasteiger charge is -2.24. The number of amides is 2. The van der Waals surface area contributed by atoms with E-state index in [1.807, 2.05) is 49.4 Å². The van der Waals surface area contributed by atoms with Crippen LogP contribution in [0.4, 0.5) is 4.79 Å². The second-order valence-corrected chi connectivity index (χ2v) is 7.33. The summed E-state index contributed by atoms with van der Waals surface area (Å²) >= 11 is 0. The monoisotopic (exact) mass is 371 g/mol. The molecular weight excluding hydrogens is 338 g/mol. The number of imide groups is 1. The van der Waals surface area contributed by atoms with Gasteiger partial charge in [0.05, 0.1) is 6.04 Å². The lowest BCUT2D eigenvalue weighted by Crippen LogP contribution is -2.43. The van der Waals surface area contributed by atoms with E-state index in [0.717, 1.165) is 24.8 Å². The Hall–Kier alpha value is -2.10. The van der Waals surface area contributed by atoms with E-state index in [2.05, 4.69) is 6.92 Å². The third-order valence-electron chi connectivity index (χ3n) is 5.17. The molecule has 1 aromatic rings. The van der Waals surface area contributed by atoms with Crippen LogP contribution < -0.4 is 0 Å². The van der Waals surface area contributed by atoms with Crippen molar-refractivity contribution in [2.24, 2.45) is 5.92 Å². The molecular formula is C23H33NO3. The Bertz CT molecular complexity index is 611. The van der Waals surface area contributed by atoms with Crippen LogP contribution in [-0.2, 0) is 16.0 Å². The van der Waals surface area contributed by atoms with Gasteiger partial charge in [-0.25, -0.2) is 9.69 Å². The molecule has 2 atom stereocenters. The van der Waals surface area contributed by atoms with Gasteiger partial charge in [-0.3, -0.25) is 4.79 Å². The fourth-order valence-electron chi connectivity index (χ4n) is 3.60. The number of nitrogens with zero attached hydrogens (tertiary/aromatic N) is 1. The second kappa shape index (κ2) is 11.6. The molecule has 1 heterocycles. The molecule has 0 aromatic heterocycles. The summed E-state index contributed by atoms with van der Waals surface area (Å²) in [6.07, 6.45) is 11.5. The number of ether oxygens (including phenoxy) is 1. The van der Waals surface area contributed by atoms with Crippen LogP contribution in [0.3, 0.4) is 0 Å². The molecule has 0 spiro atoms. The van der Waals surface area contributed by atoms with Crippen molar-refractivity contribution >= 4 is 12.0 Å².